The second-order valence-corrected chi connectivity index (χ2v) is 8.45. The van der Waals surface area contributed by atoms with Gasteiger partial charge in [0.05, 0.1) is 35.3 Å². The van der Waals surface area contributed by atoms with Gasteiger partial charge in [-0.15, -0.1) is 0 Å². The minimum atomic E-state index is -0.947. The third kappa shape index (κ3) is 5.71. The van der Waals surface area contributed by atoms with Gasteiger partial charge >= 0.3 is 0 Å². The number of ether oxygens (including phenoxy) is 1. The Morgan fingerprint density at radius 3 is 2.50 bits per heavy atom. The first-order chi connectivity index (χ1) is 16.3. The molecule has 0 bridgehead atoms. The van der Waals surface area contributed by atoms with E-state index < -0.39 is 5.60 Å². The molecular weight excluding hydrogens is 430 g/mol. The van der Waals surface area contributed by atoms with Gasteiger partial charge in [-0.2, -0.15) is 10.4 Å². The summed E-state index contributed by atoms with van der Waals surface area (Å²) in [4.78, 5) is 21.2. The fourth-order valence-electron chi connectivity index (χ4n) is 3.22. The highest BCUT2D eigenvalue weighted by Crippen LogP contribution is 2.20. The number of aromatic nitrogens is 4. The molecule has 8 heteroatoms. The smallest absolute Gasteiger partial charge is 0.203 e. The molecule has 0 fully saturated rings. The molecule has 170 valence electrons. The van der Waals surface area contributed by atoms with Gasteiger partial charge in [-0.05, 0) is 49.7 Å². The molecule has 0 spiro atoms. The topological polar surface area (TPSA) is 114 Å². The molecule has 0 aliphatic heterocycles. The van der Waals surface area contributed by atoms with E-state index in [1.54, 1.807) is 61.4 Å². The normalized spacial score (nSPS) is 11.1. The summed E-state index contributed by atoms with van der Waals surface area (Å²) < 4.78 is 7.12. The summed E-state index contributed by atoms with van der Waals surface area (Å²) in [6.45, 7) is 3.46. The Hall–Kier alpha value is -4.35. The number of hydrogen-bond donors (Lipinski definition) is 1. The Labute approximate surface area is 196 Å². The van der Waals surface area contributed by atoms with Gasteiger partial charge in [-0.1, -0.05) is 18.2 Å². The Balaban J connectivity index is 1.53. The van der Waals surface area contributed by atoms with Crippen molar-refractivity contribution in [2.45, 2.75) is 25.9 Å². The third-order valence-corrected chi connectivity index (χ3v) is 4.92. The van der Waals surface area contributed by atoms with Gasteiger partial charge < -0.3 is 9.84 Å². The van der Waals surface area contributed by atoms with Crippen molar-refractivity contribution in [1.82, 2.24) is 19.7 Å². The average Bonchev–Trinajstić information content (AvgIpc) is 2.84. The predicted octanol–water partition coefficient (Wildman–Crippen LogP) is 3.30. The first-order valence-corrected chi connectivity index (χ1v) is 10.7. The maximum atomic E-state index is 12.5. The molecule has 2 aromatic heterocycles. The highest BCUT2D eigenvalue weighted by molar-refractivity contribution is 5.56. The van der Waals surface area contributed by atoms with E-state index in [-0.39, 0.29) is 12.0 Å². The van der Waals surface area contributed by atoms with Crippen molar-refractivity contribution in [2.75, 3.05) is 6.61 Å². The number of rotatable bonds is 7. The highest BCUT2D eigenvalue weighted by atomic mass is 16.5. The van der Waals surface area contributed by atoms with Crippen molar-refractivity contribution in [3.63, 3.8) is 0 Å². The van der Waals surface area contributed by atoms with E-state index in [1.165, 1.54) is 6.07 Å². The van der Waals surface area contributed by atoms with Crippen LogP contribution in [0.4, 0.5) is 0 Å². The summed E-state index contributed by atoms with van der Waals surface area (Å²) in [7, 11) is 0. The van der Waals surface area contributed by atoms with Gasteiger partial charge in [-0.25, -0.2) is 14.6 Å². The summed E-state index contributed by atoms with van der Waals surface area (Å²) in [5.41, 5.74) is 2.31. The molecule has 0 amide bonds. The van der Waals surface area contributed by atoms with Gasteiger partial charge in [0.15, 0.2) is 11.6 Å². The molecule has 0 aliphatic rings. The van der Waals surface area contributed by atoms with E-state index in [1.807, 2.05) is 24.3 Å². The second-order valence-electron chi connectivity index (χ2n) is 8.45. The number of hydrogen-bond acceptors (Lipinski definition) is 7. The Morgan fingerprint density at radius 2 is 1.82 bits per heavy atom. The fraction of sp³-hybridized carbons (Fsp3) is 0.192. The predicted molar refractivity (Wildman–Crippen MR) is 127 cm³/mol. The molecule has 1 N–H and O–H groups in total. The number of benzene rings is 2. The average molecular weight is 454 g/mol. The fourth-order valence-corrected chi connectivity index (χ4v) is 3.22. The van der Waals surface area contributed by atoms with E-state index in [0.717, 1.165) is 16.8 Å². The first-order valence-electron chi connectivity index (χ1n) is 10.7. The van der Waals surface area contributed by atoms with Crippen LogP contribution >= 0.6 is 0 Å². The Morgan fingerprint density at radius 1 is 1.09 bits per heavy atom. The molecule has 8 nitrogen and oxygen atoms in total. The molecule has 0 saturated heterocycles. The summed E-state index contributed by atoms with van der Waals surface area (Å²) in [6.07, 6.45) is 5.08. The van der Waals surface area contributed by atoms with E-state index in [9.17, 15) is 9.90 Å². The van der Waals surface area contributed by atoms with Gasteiger partial charge in [0.1, 0.15) is 12.3 Å². The zero-order valence-electron chi connectivity index (χ0n) is 18.8. The van der Waals surface area contributed by atoms with Crippen LogP contribution in [0, 0.1) is 11.3 Å². The van der Waals surface area contributed by atoms with Crippen LogP contribution < -0.4 is 10.2 Å². The van der Waals surface area contributed by atoms with Crippen LogP contribution in [0.2, 0.25) is 0 Å². The third-order valence-electron chi connectivity index (χ3n) is 4.92. The number of nitrogens with zero attached hydrogens (tertiary/aromatic N) is 5. The van der Waals surface area contributed by atoms with E-state index >= 15 is 0 Å². The SMILES string of the molecule is CC(C)(O)COc1cnc(-c2cccc(Cc3nn(-c4ccc(C#N)cc4)ccc3=O)c2)nc1. The van der Waals surface area contributed by atoms with Crippen molar-refractivity contribution < 1.29 is 9.84 Å². The molecule has 34 heavy (non-hydrogen) atoms. The molecule has 2 aromatic carbocycles. The number of nitriles is 1. The van der Waals surface area contributed by atoms with E-state index in [4.69, 9.17) is 10.00 Å². The molecule has 4 aromatic rings. The lowest BCUT2D eigenvalue weighted by Crippen LogP contribution is -2.27. The minimum absolute atomic E-state index is 0.134. The van der Waals surface area contributed by atoms with Crippen molar-refractivity contribution in [2.24, 2.45) is 0 Å². The summed E-state index contributed by atoms with van der Waals surface area (Å²) in [5.74, 6) is 0.993. The van der Waals surface area contributed by atoms with Crippen LogP contribution in [0.3, 0.4) is 0 Å². The quantitative estimate of drug-likeness (QED) is 0.457. The van der Waals surface area contributed by atoms with Crippen LogP contribution in [-0.2, 0) is 6.42 Å². The molecule has 4 rings (SSSR count). The van der Waals surface area contributed by atoms with Crippen molar-refractivity contribution in [1.29, 1.82) is 5.26 Å². The van der Waals surface area contributed by atoms with Crippen molar-refractivity contribution in [3.05, 3.63) is 100 Å². The molecule has 0 saturated carbocycles. The van der Waals surface area contributed by atoms with Gasteiger partial charge in [0, 0.05) is 24.2 Å². The van der Waals surface area contributed by atoms with Crippen LogP contribution in [0.1, 0.15) is 30.7 Å². The summed E-state index contributed by atoms with van der Waals surface area (Å²) in [5, 5.41) is 23.3. The van der Waals surface area contributed by atoms with Gasteiger partial charge in [-0.3, -0.25) is 4.79 Å². The van der Waals surface area contributed by atoms with Crippen LogP contribution in [0.5, 0.6) is 5.75 Å². The van der Waals surface area contributed by atoms with Gasteiger partial charge in [0.2, 0.25) is 5.43 Å². The molecule has 0 atom stereocenters. The zero-order chi connectivity index (χ0) is 24.1. The van der Waals surface area contributed by atoms with Crippen molar-refractivity contribution in [3.8, 4) is 28.9 Å². The summed E-state index contributed by atoms with van der Waals surface area (Å²) >= 11 is 0. The molecule has 0 unspecified atom stereocenters. The van der Waals surface area contributed by atoms with Crippen molar-refractivity contribution >= 4 is 0 Å². The first kappa shape index (κ1) is 22.8. The van der Waals surface area contributed by atoms with Crippen LogP contribution in [0.25, 0.3) is 17.1 Å². The maximum absolute atomic E-state index is 12.5. The molecule has 2 heterocycles. The van der Waals surface area contributed by atoms with Crippen LogP contribution in [-0.4, -0.2) is 37.1 Å². The highest BCUT2D eigenvalue weighted by Gasteiger charge is 2.14. The Bertz CT molecular complexity index is 1380. The van der Waals surface area contributed by atoms with E-state index in [2.05, 4.69) is 21.1 Å². The lowest BCUT2D eigenvalue weighted by Gasteiger charge is -2.17. The monoisotopic (exact) mass is 453 g/mol. The molecular formula is C26H23N5O3. The Kier molecular flexibility index (Phi) is 6.48. The minimum Gasteiger partial charge on any atom is -0.487 e. The zero-order valence-corrected chi connectivity index (χ0v) is 18.8. The second kappa shape index (κ2) is 9.65. The lowest BCUT2D eigenvalue weighted by molar-refractivity contribution is 0.0282. The lowest BCUT2D eigenvalue weighted by atomic mass is 10.1. The standard InChI is InChI=1S/C26H23N5O3/c1-26(2,33)17-34-22-15-28-25(29-16-22)20-5-3-4-19(12-20)13-23-24(32)10-11-31(30-23)21-8-6-18(14-27)7-9-21/h3-12,15-16,33H,13,17H2,1-2H3. The maximum Gasteiger partial charge on any atom is 0.203 e. The van der Waals surface area contributed by atoms with E-state index in [0.29, 0.717) is 29.3 Å². The molecule has 0 radical (unpaired) electrons. The largest absolute Gasteiger partial charge is 0.487 e. The van der Waals surface area contributed by atoms with Gasteiger partial charge in [0.25, 0.3) is 0 Å². The van der Waals surface area contributed by atoms with Crippen LogP contribution in [0.15, 0.2) is 78.0 Å². The summed E-state index contributed by atoms with van der Waals surface area (Å²) in [6, 6.07) is 18.2. The molecule has 0 aliphatic carbocycles. The number of aliphatic hydroxyl groups is 1.